The standard InChI is InChI=1S/C19H18ClN3/c1-23(2)18-5-3-4-17(12-18)22-19-11-8-15(13-21-19)14-6-9-16(20)10-7-14/h3-13H,1-2H3,(H,21,22). The molecule has 0 aliphatic carbocycles. The highest BCUT2D eigenvalue weighted by molar-refractivity contribution is 6.30. The molecule has 4 heteroatoms. The van der Waals surface area contributed by atoms with Crippen LogP contribution in [0.15, 0.2) is 66.9 Å². The maximum absolute atomic E-state index is 5.92. The van der Waals surface area contributed by atoms with Crippen LogP contribution in [-0.4, -0.2) is 19.1 Å². The summed E-state index contributed by atoms with van der Waals surface area (Å²) in [5, 5.41) is 4.06. The number of nitrogens with one attached hydrogen (secondary N) is 1. The second-order valence-corrected chi connectivity index (χ2v) is 5.95. The Labute approximate surface area is 141 Å². The second-order valence-electron chi connectivity index (χ2n) is 5.51. The molecular weight excluding hydrogens is 306 g/mol. The topological polar surface area (TPSA) is 28.2 Å². The Bertz CT molecular complexity index is 780. The van der Waals surface area contributed by atoms with Gasteiger partial charge in [0.25, 0.3) is 0 Å². The minimum Gasteiger partial charge on any atom is -0.378 e. The maximum Gasteiger partial charge on any atom is 0.130 e. The van der Waals surface area contributed by atoms with Crippen LogP contribution in [0.5, 0.6) is 0 Å². The Morgan fingerprint density at radius 1 is 0.913 bits per heavy atom. The zero-order chi connectivity index (χ0) is 16.2. The van der Waals surface area contributed by atoms with Gasteiger partial charge in [-0.1, -0.05) is 29.8 Å². The van der Waals surface area contributed by atoms with Gasteiger partial charge in [-0.15, -0.1) is 0 Å². The van der Waals surface area contributed by atoms with E-state index in [0.717, 1.165) is 33.3 Å². The number of halogens is 1. The first-order valence-corrected chi connectivity index (χ1v) is 7.76. The number of pyridine rings is 1. The van der Waals surface area contributed by atoms with E-state index in [1.165, 1.54) is 0 Å². The van der Waals surface area contributed by atoms with Gasteiger partial charge in [-0.25, -0.2) is 4.98 Å². The fourth-order valence-corrected chi connectivity index (χ4v) is 2.42. The maximum atomic E-state index is 5.92. The van der Waals surface area contributed by atoms with E-state index in [-0.39, 0.29) is 0 Å². The zero-order valence-corrected chi connectivity index (χ0v) is 13.9. The lowest BCUT2D eigenvalue weighted by Gasteiger charge is -2.14. The van der Waals surface area contributed by atoms with Gasteiger partial charge in [-0.2, -0.15) is 0 Å². The molecule has 0 saturated carbocycles. The SMILES string of the molecule is CN(C)c1cccc(Nc2ccc(-c3ccc(Cl)cc3)cn2)c1. The molecule has 0 aliphatic rings. The van der Waals surface area contributed by atoms with Crippen molar-refractivity contribution in [2.24, 2.45) is 0 Å². The quantitative estimate of drug-likeness (QED) is 0.714. The van der Waals surface area contributed by atoms with E-state index < -0.39 is 0 Å². The summed E-state index contributed by atoms with van der Waals surface area (Å²) in [6.07, 6.45) is 1.86. The summed E-state index contributed by atoms with van der Waals surface area (Å²) in [6, 6.07) is 20.0. The number of aromatic nitrogens is 1. The molecule has 0 saturated heterocycles. The fraction of sp³-hybridized carbons (Fsp3) is 0.105. The third-order valence-corrected chi connectivity index (χ3v) is 3.83. The number of anilines is 3. The first-order chi connectivity index (χ1) is 11.1. The average Bonchev–Trinajstić information content (AvgIpc) is 2.57. The lowest BCUT2D eigenvalue weighted by atomic mass is 10.1. The lowest BCUT2D eigenvalue weighted by molar-refractivity contribution is 1.13. The fourth-order valence-electron chi connectivity index (χ4n) is 2.29. The van der Waals surface area contributed by atoms with Crippen LogP contribution in [0.25, 0.3) is 11.1 Å². The lowest BCUT2D eigenvalue weighted by Crippen LogP contribution is -2.08. The minimum absolute atomic E-state index is 0.737. The Hall–Kier alpha value is -2.52. The number of hydrogen-bond donors (Lipinski definition) is 1. The molecule has 116 valence electrons. The van der Waals surface area contributed by atoms with Crippen LogP contribution < -0.4 is 10.2 Å². The van der Waals surface area contributed by atoms with E-state index in [2.05, 4.69) is 27.3 Å². The monoisotopic (exact) mass is 323 g/mol. The molecule has 0 fully saturated rings. The van der Waals surface area contributed by atoms with Gasteiger partial charge >= 0.3 is 0 Å². The summed E-state index contributed by atoms with van der Waals surface area (Å²) in [7, 11) is 4.05. The summed E-state index contributed by atoms with van der Waals surface area (Å²) in [5.41, 5.74) is 4.33. The summed E-state index contributed by atoms with van der Waals surface area (Å²) < 4.78 is 0. The van der Waals surface area contributed by atoms with Crippen molar-refractivity contribution >= 4 is 28.8 Å². The van der Waals surface area contributed by atoms with Gasteiger partial charge in [0.2, 0.25) is 0 Å². The normalized spacial score (nSPS) is 10.4. The molecule has 1 N–H and O–H groups in total. The van der Waals surface area contributed by atoms with Gasteiger partial charge in [-0.3, -0.25) is 0 Å². The predicted octanol–water partition coefficient (Wildman–Crippen LogP) is 5.21. The molecule has 23 heavy (non-hydrogen) atoms. The van der Waals surface area contributed by atoms with Gasteiger partial charge in [0, 0.05) is 42.3 Å². The highest BCUT2D eigenvalue weighted by Gasteiger charge is 2.02. The molecule has 1 aromatic heterocycles. The van der Waals surface area contributed by atoms with Crippen LogP contribution in [0.3, 0.4) is 0 Å². The Morgan fingerprint density at radius 2 is 1.65 bits per heavy atom. The summed E-state index contributed by atoms with van der Waals surface area (Å²) in [4.78, 5) is 6.56. The van der Waals surface area contributed by atoms with Crippen LogP contribution in [0.4, 0.5) is 17.2 Å². The molecule has 3 aromatic rings. The molecule has 0 atom stereocenters. The Kier molecular flexibility index (Phi) is 4.49. The second kappa shape index (κ2) is 6.71. The molecule has 0 bridgehead atoms. The first kappa shape index (κ1) is 15.4. The van der Waals surface area contributed by atoms with Gasteiger partial charge in [-0.05, 0) is 48.0 Å². The highest BCUT2D eigenvalue weighted by Crippen LogP contribution is 2.24. The summed E-state index contributed by atoms with van der Waals surface area (Å²) >= 11 is 5.92. The minimum atomic E-state index is 0.737. The average molecular weight is 324 g/mol. The molecule has 0 radical (unpaired) electrons. The largest absolute Gasteiger partial charge is 0.378 e. The molecule has 2 aromatic carbocycles. The van der Waals surface area contributed by atoms with E-state index in [1.807, 2.05) is 68.8 Å². The van der Waals surface area contributed by atoms with Crippen LogP contribution in [0.1, 0.15) is 0 Å². The molecule has 0 spiro atoms. The number of benzene rings is 2. The van der Waals surface area contributed by atoms with Gasteiger partial charge in [0.05, 0.1) is 0 Å². The molecule has 0 unspecified atom stereocenters. The van der Waals surface area contributed by atoms with Crippen molar-refractivity contribution < 1.29 is 0 Å². The molecule has 0 amide bonds. The van der Waals surface area contributed by atoms with Gasteiger partial charge in [0.1, 0.15) is 5.82 Å². The van der Waals surface area contributed by atoms with Crippen LogP contribution in [-0.2, 0) is 0 Å². The Morgan fingerprint density at radius 3 is 2.30 bits per heavy atom. The van der Waals surface area contributed by atoms with E-state index in [9.17, 15) is 0 Å². The molecule has 1 heterocycles. The third-order valence-electron chi connectivity index (χ3n) is 3.58. The van der Waals surface area contributed by atoms with E-state index >= 15 is 0 Å². The molecule has 3 rings (SSSR count). The van der Waals surface area contributed by atoms with Crippen molar-refractivity contribution in [3.63, 3.8) is 0 Å². The van der Waals surface area contributed by atoms with Crippen molar-refractivity contribution in [2.75, 3.05) is 24.3 Å². The van der Waals surface area contributed by atoms with Crippen molar-refractivity contribution in [1.82, 2.24) is 4.98 Å². The summed E-state index contributed by atoms with van der Waals surface area (Å²) in [6.45, 7) is 0. The molecule has 3 nitrogen and oxygen atoms in total. The van der Waals surface area contributed by atoms with Crippen molar-refractivity contribution in [3.05, 3.63) is 71.9 Å². The number of hydrogen-bond acceptors (Lipinski definition) is 3. The Balaban J connectivity index is 1.77. The van der Waals surface area contributed by atoms with Crippen molar-refractivity contribution in [2.45, 2.75) is 0 Å². The van der Waals surface area contributed by atoms with Crippen LogP contribution in [0, 0.1) is 0 Å². The van der Waals surface area contributed by atoms with Crippen molar-refractivity contribution in [3.8, 4) is 11.1 Å². The van der Waals surface area contributed by atoms with Gasteiger partial charge < -0.3 is 10.2 Å². The van der Waals surface area contributed by atoms with Crippen LogP contribution in [0.2, 0.25) is 5.02 Å². The molecule has 0 aliphatic heterocycles. The highest BCUT2D eigenvalue weighted by atomic mass is 35.5. The number of rotatable bonds is 4. The zero-order valence-electron chi connectivity index (χ0n) is 13.1. The third kappa shape index (κ3) is 3.82. The molecular formula is C19H18ClN3. The predicted molar refractivity (Wildman–Crippen MR) is 98.7 cm³/mol. The summed E-state index contributed by atoms with van der Waals surface area (Å²) in [5.74, 6) is 0.818. The van der Waals surface area contributed by atoms with E-state index in [4.69, 9.17) is 11.6 Å². The van der Waals surface area contributed by atoms with Crippen LogP contribution >= 0.6 is 11.6 Å². The number of nitrogens with zero attached hydrogens (tertiary/aromatic N) is 2. The van der Waals surface area contributed by atoms with E-state index in [0.29, 0.717) is 0 Å². The smallest absolute Gasteiger partial charge is 0.130 e. The first-order valence-electron chi connectivity index (χ1n) is 7.38. The van der Waals surface area contributed by atoms with Gasteiger partial charge in [0.15, 0.2) is 0 Å². The van der Waals surface area contributed by atoms with E-state index in [1.54, 1.807) is 0 Å². The van der Waals surface area contributed by atoms with Crippen molar-refractivity contribution in [1.29, 1.82) is 0 Å².